The van der Waals surface area contributed by atoms with Crippen LogP contribution < -0.4 is 0 Å². The molecule has 0 unspecified atom stereocenters. The highest BCUT2D eigenvalue weighted by Gasteiger charge is 1.92. The number of hydrogen-bond donors (Lipinski definition) is 0. The summed E-state index contributed by atoms with van der Waals surface area (Å²) in [5.74, 6) is 0. The Morgan fingerprint density at radius 3 is 2.62 bits per heavy atom. The van der Waals surface area contributed by atoms with Gasteiger partial charge in [-0.2, -0.15) is 0 Å². The lowest BCUT2D eigenvalue weighted by atomic mass is 10.1. The van der Waals surface area contributed by atoms with Crippen molar-refractivity contribution in [2.45, 2.75) is 19.3 Å². The zero-order chi connectivity index (χ0) is 9.36. The zero-order valence-electron chi connectivity index (χ0n) is 7.48. The van der Waals surface area contributed by atoms with Crippen molar-refractivity contribution in [2.75, 3.05) is 6.61 Å². The van der Waals surface area contributed by atoms with Crippen molar-refractivity contribution in [1.82, 2.24) is 0 Å². The van der Waals surface area contributed by atoms with Gasteiger partial charge in [0.2, 0.25) is 0 Å². The number of benzene rings is 1. The van der Waals surface area contributed by atoms with Crippen molar-refractivity contribution in [3.63, 3.8) is 0 Å². The fourth-order valence-electron chi connectivity index (χ4n) is 1.18. The van der Waals surface area contributed by atoms with Gasteiger partial charge in [0, 0.05) is 0 Å². The fraction of sp³-hybridized carbons (Fsp3) is 0.400. The average molecular weight is 196 g/mol. The molecule has 0 aromatic heterocycles. The Balaban J connectivity index is 2.10. The van der Waals surface area contributed by atoms with E-state index >= 15 is 0 Å². The second-order valence-corrected chi connectivity index (χ2v) is 3.26. The summed E-state index contributed by atoms with van der Waals surface area (Å²) in [4.78, 5) is 0. The lowest BCUT2D eigenvalue weighted by Gasteiger charge is -1.99. The van der Waals surface area contributed by atoms with Crippen LogP contribution in [-0.4, -0.2) is 6.61 Å². The minimum atomic E-state index is -0.208. The maximum atomic E-state index is 9.91. The second kappa shape index (κ2) is 6.76. The molecule has 1 aromatic carbocycles. The summed E-state index contributed by atoms with van der Waals surface area (Å²) in [5, 5.41) is 0. The third-order valence-corrected chi connectivity index (χ3v) is 2.13. The van der Waals surface area contributed by atoms with Gasteiger partial charge in [0.15, 0.2) is 0 Å². The number of hydrogen-bond acceptors (Lipinski definition) is 2. The van der Waals surface area contributed by atoms with Gasteiger partial charge in [0.1, 0.15) is 0 Å². The Labute approximate surface area is 80.2 Å². The van der Waals surface area contributed by atoms with Gasteiger partial charge in [-0.1, -0.05) is 30.3 Å². The van der Waals surface area contributed by atoms with Gasteiger partial charge in [-0.15, -0.1) is 0 Å². The molecule has 0 heterocycles. The molecule has 0 atom stereocenters. The number of unbranched alkanes of at least 4 members (excludes halogenated alkanes) is 1. The second-order valence-electron chi connectivity index (χ2n) is 2.85. The van der Waals surface area contributed by atoms with Gasteiger partial charge in [0.25, 0.3) is 0 Å². The Morgan fingerprint density at radius 1 is 1.15 bits per heavy atom. The molecule has 0 spiro atoms. The normalized spacial score (nSPS) is 10.5. The molecule has 0 aliphatic heterocycles. The summed E-state index contributed by atoms with van der Waals surface area (Å²) in [5.41, 5.74) is 1.35. The summed E-state index contributed by atoms with van der Waals surface area (Å²) < 4.78 is 14.6. The van der Waals surface area contributed by atoms with Crippen LogP contribution in [0, 0.1) is 0 Å². The molecule has 1 rings (SSSR count). The van der Waals surface area contributed by atoms with E-state index in [4.69, 9.17) is 0 Å². The Hall–Kier alpha value is -0.720. The Kier molecular flexibility index (Phi) is 5.39. The van der Waals surface area contributed by atoms with E-state index in [1.807, 2.05) is 18.2 Å². The van der Waals surface area contributed by atoms with E-state index < -0.39 is 0 Å². The average Bonchev–Trinajstić information content (AvgIpc) is 2.19. The molecule has 0 bridgehead atoms. The van der Waals surface area contributed by atoms with Crippen LogP contribution in [0.3, 0.4) is 0 Å². The highest BCUT2D eigenvalue weighted by atomic mass is 31.1. The van der Waals surface area contributed by atoms with Crippen LogP contribution in [0.5, 0.6) is 0 Å². The summed E-state index contributed by atoms with van der Waals surface area (Å²) >= 11 is 0. The molecule has 3 heteroatoms. The molecule has 1 aromatic rings. The molecular formula is C10H13O2P. The topological polar surface area (TPSA) is 26.3 Å². The van der Waals surface area contributed by atoms with E-state index in [0.29, 0.717) is 6.61 Å². The van der Waals surface area contributed by atoms with Crippen molar-refractivity contribution in [1.29, 1.82) is 0 Å². The molecule has 2 nitrogen and oxygen atoms in total. The molecule has 13 heavy (non-hydrogen) atoms. The van der Waals surface area contributed by atoms with Gasteiger partial charge in [-0.05, 0) is 24.8 Å². The highest BCUT2D eigenvalue weighted by molar-refractivity contribution is 7.17. The van der Waals surface area contributed by atoms with E-state index in [0.717, 1.165) is 19.3 Å². The maximum absolute atomic E-state index is 9.91. The Morgan fingerprint density at radius 2 is 1.92 bits per heavy atom. The van der Waals surface area contributed by atoms with Crippen molar-refractivity contribution in [3.8, 4) is 0 Å². The van der Waals surface area contributed by atoms with Crippen molar-refractivity contribution >= 4 is 8.69 Å². The smallest absolute Gasteiger partial charge is 0.294 e. The number of rotatable bonds is 6. The fourth-order valence-corrected chi connectivity index (χ4v) is 1.38. The molecule has 70 valence electrons. The van der Waals surface area contributed by atoms with Crippen molar-refractivity contribution in [2.24, 2.45) is 0 Å². The van der Waals surface area contributed by atoms with Crippen LogP contribution in [-0.2, 0) is 15.5 Å². The first-order chi connectivity index (χ1) is 6.43. The predicted octanol–water partition coefficient (Wildman–Crippen LogP) is 3.23. The van der Waals surface area contributed by atoms with Crippen LogP contribution >= 0.6 is 8.69 Å². The SMILES string of the molecule is O=POCCCCc1ccccc1. The van der Waals surface area contributed by atoms with E-state index in [1.54, 1.807) is 0 Å². The quantitative estimate of drug-likeness (QED) is 0.515. The predicted molar refractivity (Wildman–Crippen MR) is 52.9 cm³/mol. The molecule has 0 fully saturated rings. The molecule has 0 saturated heterocycles. The summed E-state index contributed by atoms with van der Waals surface area (Å²) in [6.45, 7) is 0.581. The molecule has 0 aliphatic rings. The van der Waals surface area contributed by atoms with Crippen LogP contribution in [0.2, 0.25) is 0 Å². The van der Waals surface area contributed by atoms with Crippen LogP contribution in [0.1, 0.15) is 18.4 Å². The molecule has 0 amide bonds. The van der Waals surface area contributed by atoms with Crippen LogP contribution in [0.25, 0.3) is 0 Å². The van der Waals surface area contributed by atoms with E-state index in [1.165, 1.54) is 5.56 Å². The van der Waals surface area contributed by atoms with Gasteiger partial charge in [0.05, 0.1) is 6.61 Å². The molecule has 0 radical (unpaired) electrons. The van der Waals surface area contributed by atoms with Crippen molar-refractivity contribution in [3.05, 3.63) is 35.9 Å². The minimum Gasteiger partial charge on any atom is -0.294 e. The van der Waals surface area contributed by atoms with Crippen LogP contribution in [0.4, 0.5) is 0 Å². The van der Waals surface area contributed by atoms with E-state index in [2.05, 4.69) is 16.7 Å². The first-order valence-electron chi connectivity index (χ1n) is 4.42. The van der Waals surface area contributed by atoms with Crippen LogP contribution in [0.15, 0.2) is 30.3 Å². The van der Waals surface area contributed by atoms with Gasteiger partial charge >= 0.3 is 8.69 Å². The molecule has 0 N–H and O–H groups in total. The standard InChI is InChI=1S/C10H13O2P/c11-13-12-9-5-4-8-10-6-2-1-3-7-10/h1-3,6-7H,4-5,8-9H2. The van der Waals surface area contributed by atoms with Gasteiger partial charge in [-0.25, -0.2) is 4.57 Å². The third kappa shape index (κ3) is 4.76. The van der Waals surface area contributed by atoms with Gasteiger partial charge in [-0.3, -0.25) is 4.52 Å². The maximum Gasteiger partial charge on any atom is 0.327 e. The molecular weight excluding hydrogens is 183 g/mol. The van der Waals surface area contributed by atoms with E-state index in [-0.39, 0.29) is 8.69 Å². The molecule has 0 saturated carbocycles. The minimum absolute atomic E-state index is 0.208. The first kappa shape index (κ1) is 10.4. The lowest BCUT2D eigenvalue weighted by Crippen LogP contribution is -1.88. The summed E-state index contributed by atoms with van der Waals surface area (Å²) in [7, 11) is -0.208. The van der Waals surface area contributed by atoms with Gasteiger partial charge < -0.3 is 0 Å². The first-order valence-corrected chi connectivity index (χ1v) is 5.15. The van der Waals surface area contributed by atoms with Crippen molar-refractivity contribution < 1.29 is 9.09 Å². The highest BCUT2D eigenvalue weighted by Crippen LogP contribution is 2.05. The Bertz CT molecular complexity index is 236. The number of aryl methyl sites for hydroxylation is 1. The zero-order valence-corrected chi connectivity index (χ0v) is 8.37. The molecule has 0 aliphatic carbocycles. The largest absolute Gasteiger partial charge is 0.327 e. The summed E-state index contributed by atoms with van der Waals surface area (Å²) in [6.07, 6.45) is 3.11. The monoisotopic (exact) mass is 196 g/mol. The third-order valence-electron chi connectivity index (χ3n) is 1.85. The summed E-state index contributed by atoms with van der Waals surface area (Å²) in [6, 6.07) is 10.3. The van der Waals surface area contributed by atoms with E-state index in [9.17, 15) is 4.57 Å². The lowest BCUT2D eigenvalue weighted by molar-refractivity contribution is 0.331.